The van der Waals surface area contributed by atoms with Gasteiger partial charge in [-0.3, -0.25) is 9.36 Å². The predicted octanol–water partition coefficient (Wildman–Crippen LogP) is 4.16. The Bertz CT molecular complexity index is 1130. The zero-order valence-electron chi connectivity index (χ0n) is 13.4. The highest BCUT2D eigenvalue weighted by molar-refractivity contribution is 6.31. The molecule has 5 nitrogen and oxygen atoms in total. The number of carboxylic acids is 1. The van der Waals surface area contributed by atoms with Gasteiger partial charge in [0.25, 0.3) is 0 Å². The van der Waals surface area contributed by atoms with Crippen LogP contribution in [0, 0.1) is 6.92 Å². The van der Waals surface area contributed by atoms with Crippen molar-refractivity contribution in [2.45, 2.75) is 13.3 Å². The van der Waals surface area contributed by atoms with E-state index in [9.17, 15) is 9.90 Å². The van der Waals surface area contributed by atoms with Crippen LogP contribution in [0.1, 0.15) is 11.3 Å². The standard InChI is InChI=1S/C19H14ClN3O2/c1-11-15(9-18(24)25)13-4-2-3-5-17(13)23(11)19-14-7-6-12(20)8-16(14)21-10-22-19/h2-8,10H,9H2,1H3,(H,24,25). The molecule has 6 heteroatoms. The van der Waals surface area contributed by atoms with Gasteiger partial charge >= 0.3 is 5.97 Å². The number of fused-ring (bicyclic) bond motifs is 2. The number of halogens is 1. The molecule has 0 saturated carbocycles. The summed E-state index contributed by atoms with van der Waals surface area (Å²) in [5, 5.41) is 11.7. The number of para-hydroxylation sites is 1. The zero-order valence-corrected chi connectivity index (χ0v) is 14.2. The van der Waals surface area contributed by atoms with Gasteiger partial charge in [0.2, 0.25) is 0 Å². The lowest BCUT2D eigenvalue weighted by Gasteiger charge is -2.10. The molecule has 0 aliphatic carbocycles. The molecular formula is C19H14ClN3O2. The first-order chi connectivity index (χ1) is 12.1. The van der Waals surface area contributed by atoms with E-state index in [0.717, 1.165) is 33.1 Å². The number of aromatic nitrogens is 3. The number of aliphatic carboxylic acids is 1. The van der Waals surface area contributed by atoms with Crippen molar-refractivity contribution in [2.75, 3.05) is 0 Å². The molecule has 0 atom stereocenters. The monoisotopic (exact) mass is 351 g/mol. The van der Waals surface area contributed by atoms with Crippen molar-refractivity contribution in [3.8, 4) is 5.82 Å². The molecule has 4 aromatic rings. The zero-order chi connectivity index (χ0) is 17.6. The predicted molar refractivity (Wildman–Crippen MR) is 97.5 cm³/mol. The van der Waals surface area contributed by atoms with E-state index in [-0.39, 0.29) is 6.42 Å². The van der Waals surface area contributed by atoms with Crippen LogP contribution in [-0.4, -0.2) is 25.6 Å². The molecule has 2 heterocycles. The molecular weight excluding hydrogens is 338 g/mol. The first-order valence-corrected chi connectivity index (χ1v) is 8.15. The minimum atomic E-state index is -0.856. The average molecular weight is 352 g/mol. The van der Waals surface area contributed by atoms with Crippen LogP contribution in [0.5, 0.6) is 0 Å². The fourth-order valence-electron chi connectivity index (χ4n) is 3.28. The molecule has 0 unspecified atom stereocenters. The van der Waals surface area contributed by atoms with Gasteiger partial charge in [0.15, 0.2) is 0 Å². The van der Waals surface area contributed by atoms with E-state index in [1.54, 1.807) is 12.1 Å². The van der Waals surface area contributed by atoms with Gasteiger partial charge < -0.3 is 5.11 Å². The number of benzene rings is 2. The van der Waals surface area contributed by atoms with Crippen molar-refractivity contribution in [1.29, 1.82) is 0 Å². The smallest absolute Gasteiger partial charge is 0.307 e. The van der Waals surface area contributed by atoms with Gasteiger partial charge in [-0.15, -0.1) is 0 Å². The molecule has 0 saturated heterocycles. The van der Waals surface area contributed by atoms with Gasteiger partial charge in [0.05, 0.1) is 17.5 Å². The van der Waals surface area contributed by atoms with E-state index >= 15 is 0 Å². The van der Waals surface area contributed by atoms with Crippen LogP contribution < -0.4 is 0 Å². The first-order valence-electron chi connectivity index (χ1n) is 7.77. The van der Waals surface area contributed by atoms with Crippen molar-refractivity contribution in [3.05, 3.63) is 65.1 Å². The van der Waals surface area contributed by atoms with Gasteiger partial charge in [0.1, 0.15) is 12.1 Å². The topological polar surface area (TPSA) is 68.0 Å². The normalized spacial score (nSPS) is 11.3. The second-order valence-corrected chi connectivity index (χ2v) is 6.28. The summed E-state index contributed by atoms with van der Waals surface area (Å²) in [7, 11) is 0. The highest BCUT2D eigenvalue weighted by Crippen LogP contribution is 2.31. The summed E-state index contributed by atoms with van der Waals surface area (Å²) in [6.07, 6.45) is 1.47. The average Bonchev–Trinajstić information content (AvgIpc) is 2.86. The molecule has 0 spiro atoms. The van der Waals surface area contributed by atoms with Crippen LogP contribution in [0.2, 0.25) is 5.02 Å². The summed E-state index contributed by atoms with van der Waals surface area (Å²) >= 11 is 6.07. The summed E-state index contributed by atoms with van der Waals surface area (Å²) in [4.78, 5) is 20.1. The van der Waals surface area contributed by atoms with E-state index in [1.807, 2.05) is 41.8 Å². The number of hydrogen-bond acceptors (Lipinski definition) is 3. The van der Waals surface area contributed by atoms with Gasteiger partial charge in [0, 0.05) is 21.5 Å². The van der Waals surface area contributed by atoms with Crippen LogP contribution in [-0.2, 0) is 11.2 Å². The Morgan fingerprint density at radius 2 is 1.96 bits per heavy atom. The Morgan fingerprint density at radius 1 is 1.16 bits per heavy atom. The van der Waals surface area contributed by atoms with Crippen molar-refractivity contribution in [1.82, 2.24) is 14.5 Å². The minimum Gasteiger partial charge on any atom is -0.481 e. The Balaban J connectivity index is 2.09. The van der Waals surface area contributed by atoms with Crippen molar-refractivity contribution in [2.24, 2.45) is 0 Å². The molecule has 0 bridgehead atoms. The van der Waals surface area contributed by atoms with E-state index < -0.39 is 5.97 Å². The second-order valence-electron chi connectivity index (χ2n) is 5.85. The quantitative estimate of drug-likeness (QED) is 0.601. The number of carboxylic acid groups (broad SMARTS) is 1. The van der Waals surface area contributed by atoms with Gasteiger partial charge in [-0.1, -0.05) is 29.8 Å². The number of carbonyl (C=O) groups is 1. The summed E-state index contributed by atoms with van der Waals surface area (Å²) in [5.74, 6) is -0.141. The Kier molecular flexibility index (Phi) is 3.66. The maximum Gasteiger partial charge on any atom is 0.307 e. The van der Waals surface area contributed by atoms with Crippen LogP contribution in [0.25, 0.3) is 27.6 Å². The number of hydrogen-bond donors (Lipinski definition) is 1. The molecule has 0 amide bonds. The third-order valence-corrected chi connectivity index (χ3v) is 4.59. The second kappa shape index (κ2) is 5.86. The maximum absolute atomic E-state index is 11.3. The largest absolute Gasteiger partial charge is 0.481 e. The summed E-state index contributed by atoms with van der Waals surface area (Å²) < 4.78 is 1.99. The molecule has 4 rings (SSSR count). The van der Waals surface area contributed by atoms with Gasteiger partial charge in [-0.2, -0.15) is 0 Å². The van der Waals surface area contributed by atoms with E-state index in [2.05, 4.69) is 9.97 Å². The SMILES string of the molecule is Cc1c(CC(=O)O)c2ccccc2n1-c1ncnc2cc(Cl)ccc12. The third-order valence-electron chi connectivity index (χ3n) is 4.36. The van der Waals surface area contributed by atoms with Gasteiger partial charge in [-0.05, 0) is 36.8 Å². The third kappa shape index (κ3) is 2.53. The molecule has 0 aliphatic heterocycles. The minimum absolute atomic E-state index is 0.0335. The van der Waals surface area contributed by atoms with Crippen molar-refractivity contribution >= 4 is 39.4 Å². The number of nitrogens with zero attached hydrogens (tertiary/aromatic N) is 3. The van der Waals surface area contributed by atoms with Crippen LogP contribution in [0.15, 0.2) is 48.8 Å². The highest BCUT2D eigenvalue weighted by atomic mass is 35.5. The summed E-state index contributed by atoms with van der Waals surface area (Å²) in [5.41, 5.74) is 3.32. The molecule has 2 aromatic carbocycles. The molecule has 124 valence electrons. The number of rotatable bonds is 3. The molecule has 0 fully saturated rings. The van der Waals surface area contributed by atoms with Crippen LogP contribution >= 0.6 is 11.6 Å². The molecule has 0 aliphatic rings. The Labute approximate surface area is 148 Å². The van der Waals surface area contributed by atoms with Crippen LogP contribution in [0.3, 0.4) is 0 Å². The summed E-state index contributed by atoms with van der Waals surface area (Å²) in [6, 6.07) is 13.2. The first kappa shape index (κ1) is 15.6. The molecule has 2 aromatic heterocycles. The maximum atomic E-state index is 11.3. The van der Waals surface area contributed by atoms with E-state index in [0.29, 0.717) is 10.8 Å². The lowest BCUT2D eigenvalue weighted by molar-refractivity contribution is -0.136. The fraction of sp³-hybridized carbons (Fsp3) is 0.105. The Morgan fingerprint density at radius 3 is 2.76 bits per heavy atom. The van der Waals surface area contributed by atoms with E-state index in [1.165, 1.54) is 6.33 Å². The summed E-state index contributed by atoms with van der Waals surface area (Å²) in [6.45, 7) is 1.92. The lowest BCUT2D eigenvalue weighted by Crippen LogP contribution is -2.04. The molecule has 0 radical (unpaired) electrons. The lowest BCUT2D eigenvalue weighted by atomic mass is 10.1. The molecule has 25 heavy (non-hydrogen) atoms. The fourth-order valence-corrected chi connectivity index (χ4v) is 3.44. The Hall–Kier alpha value is -2.92. The van der Waals surface area contributed by atoms with Crippen molar-refractivity contribution in [3.63, 3.8) is 0 Å². The van der Waals surface area contributed by atoms with Crippen LogP contribution in [0.4, 0.5) is 0 Å². The molecule has 1 N–H and O–H groups in total. The van der Waals surface area contributed by atoms with Crippen molar-refractivity contribution < 1.29 is 9.90 Å². The van der Waals surface area contributed by atoms with Gasteiger partial charge in [-0.25, -0.2) is 9.97 Å². The highest BCUT2D eigenvalue weighted by Gasteiger charge is 2.19. The van der Waals surface area contributed by atoms with E-state index in [4.69, 9.17) is 11.6 Å².